The largest absolute Gasteiger partial charge is 0.361 e. The van der Waals surface area contributed by atoms with E-state index in [-0.39, 0.29) is 0 Å². The molecule has 1 aromatic carbocycles. The Morgan fingerprint density at radius 3 is 2.46 bits per heavy atom. The molecule has 1 heterocycles. The van der Waals surface area contributed by atoms with E-state index in [2.05, 4.69) is 4.98 Å². The van der Waals surface area contributed by atoms with E-state index < -0.39 is 0 Å². The second-order valence-corrected chi connectivity index (χ2v) is 3.53. The van der Waals surface area contributed by atoms with E-state index in [1.165, 1.54) is 0 Å². The molecule has 66 valence electrons. The third-order valence-electron chi connectivity index (χ3n) is 1.83. The number of H-pyrrole nitrogens is 1. The van der Waals surface area contributed by atoms with Crippen molar-refractivity contribution in [2.45, 2.75) is 0 Å². The minimum atomic E-state index is 0.578. The molecule has 0 unspecified atom stereocenters. The van der Waals surface area contributed by atoms with Crippen molar-refractivity contribution in [1.82, 2.24) is 4.98 Å². The second kappa shape index (κ2) is 3.44. The number of hydrogen-bond donors (Lipinski definition) is 1. The molecule has 0 bridgehead atoms. The van der Waals surface area contributed by atoms with E-state index in [1.807, 2.05) is 30.5 Å². The van der Waals surface area contributed by atoms with Crippen LogP contribution in [0.15, 0.2) is 36.5 Å². The van der Waals surface area contributed by atoms with Crippen LogP contribution in [-0.2, 0) is 0 Å². The molecule has 0 aliphatic heterocycles. The predicted molar refractivity (Wildman–Crippen MR) is 56.2 cm³/mol. The Kier molecular flexibility index (Phi) is 2.30. The van der Waals surface area contributed by atoms with Crippen LogP contribution in [0.2, 0.25) is 10.0 Å². The lowest BCUT2D eigenvalue weighted by molar-refractivity contribution is 1.40. The minimum Gasteiger partial charge on any atom is -0.361 e. The lowest BCUT2D eigenvalue weighted by Crippen LogP contribution is -1.77. The molecular formula is C10H7Cl2N. The molecule has 0 amide bonds. The third-order valence-corrected chi connectivity index (χ3v) is 2.57. The van der Waals surface area contributed by atoms with Gasteiger partial charge in [0.2, 0.25) is 0 Å². The molecule has 0 radical (unpaired) electrons. The van der Waals surface area contributed by atoms with Crippen molar-refractivity contribution < 1.29 is 0 Å². The van der Waals surface area contributed by atoms with Crippen molar-refractivity contribution in [3.8, 4) is 11.3 Å². The maximum atomic E-state index is 5.88. The minimum absolute atomic E-state index is 0.578. The van der Waals surface area contributed by atoms with Gasteiger partial charge >= 0.3 is 0 Å². The molecule has 3 heteroatoms. The summed E-state index contributed by atoms with van der Waals surface area (Å²) in [5, 5.41) is 1.16. The van der Waals surface area contributed by atoms with Crippen LogP contribution in [0.5, 0.6) is 0 Å². The van der Waals surface area contributed by atoms with Crippen molar-refractivity contribution in [1.29, 1.82) is 0 Å². The zero-order valence-corrected chi connectivity index (χ0v) is 8.23. The lowest BCUT2D eigenvalue weighted by atomic mass is 10.2. The summed E-state index contributed by atoms with van der Waals surface area (Å²) in [5.41, 5.74) is 2.08. The molecule has 1 N–H and O–H groups in total. The van der Waals surface area contributed by atoms with E-state index in [1.54, 1.807) is 6.07 Å². The van der Waals surface area contributed by atoms with Crippen molar-refractivity contribution in [3.63, 3.8) is 0 Å². The fraction of sp³-hybridized carbons (Fsp3) is 0. The van der Waals surface area contributed by atoms with Gasteiger partial charge in [0.1, 0.15) is 0 Å². The molecule has 0 spiro atoms. The van der Waals surface area contributed by atoms with Crippen LogP contribution in [0, 0.1) is 0 Å². The Hall–Kier alpha value is -0.920. The molecule has 0 saturated carbocycles. The van der Waals surface area contributed by atoms with Gasteiger partial charge < -0.3 is 4.98 Å². The van der Waals surface area contributed by atoms with Crippen molar-refractivity contribution in [2.24, 2.45) is 0 Å². The fourth-order valence-electron chi connectivity index (χ4n) is 1.17. The summed E-state index contributed by atoms with van der Waals surface area (Å²) in [7, 11) is 0. The Morgan fingerprint density at radius 2 is 1.85 bits per heavy atom. The van der Waals surface area contributed by atoms with Gasteiger partial charge in [0.25, 0.3) is 0 Å². The maximum Gasteiger partial charge on any atom is 0.0599 e. The SMILES string of the molecule is Clc1ccc(-c2ccc[nH]2)cc1Cl. The quantitative estimate of drug-likeness (QED) is 0.735. The molecule has 0 atom stereocenters. The molecule has 1 aromatic heterocycles. The molecule has 0 aliphatic carbocycles. The number of hydrogen-bond acceptors (Lipinski definition) is 0. The first-order chi connectivity index (χ1) is 6.27. The summed E-state index contributed by atoms with van der Waals surface area (Å²) in [6, 6.07) is 9.49. The van der Waals surface area contributed by atoms with Gasteiger partial charge in [-0.05, 0) is 29.8 Å². The average Bonchev–Trinajstić information content (AvgIpc) is 2.62. The molecule has 0 aliphatic rings. The highest BCUT2D eigenvalue weighted by Gasteiger charge is 2.01. The molecule has 13 heavy (non-hydrogen) atoms. The predicted octanol–water partition coefficient (Wildman–Crippen LogP) is 3.99. The van der Waals surface area contributed by atoms with E-state index in [0.717, 1.165) is 11.3 Å². The molecule has 2 aromatic rings. The van der Waals surface area contributed by atoms with Gasteiger partial charge in [-0.25, -0.2) is 0 Å². The summed E-state index contributed by atoms with van der Waals surface area (Å²) in [6.07, 6.45) is 1.87. The standard InChI is InChI=1S/C10H7Cl2N/c11-8-4-3-7(6-9(8)12)10-2-1-5-13-10/h1-6,13H. The molecule has 0 saturated heterocycles. The van der Waals surface area contributed by atoms with Gasteiger partial charge in [-0.2, -0.15) is 0 Å². The second-order valence-electron chi connectivity index (χ2n) is 2.71. The van der Waals surface area contributed by atoms with E-state index in [4.69, 9.17) is 23.2 Å². The van der Waals surface area contributed by atoms with Gasteiger partial charge in [0.15, 0.2) is 0 Å². The lowest BCUT2D eigenvalue weighted by Gasteiger charge is -2.00. The van der Waals surface area contributed by atoms with Gasteiger partial charge in [-0.15, -0.1) is 0 Å². The Labute approximate surface area is 86.3 Å². The number of nitrogens with one attached hydrogen (secondary N) is 1. The summed E-state index contributed by atoms with van der Waals surface area (Å²) in [5.74, 6) is 0. The number of rotatable bonds is 1. The first-order valence-corrected chi connectivity index (χ1v) is 4.62. The first-order valence-electron chi connectivity index (χ1n) is 3.86. The van der Waals surface area contributed by atoms with E-state index in [9.17, 15) is 0 Å². The zero-order chi connectivity index (χ0) is 9.26. The highest BCUT2D eigenvalue weighted by atomic mass is 35.5. The summed E-state index contributed by atoms with van der Waals surface area (Å²) in [6.45, 7) is 0. The van der Waals surface area contributed by atoms with E-state index in [0.29, 0.717) is 10.0 Å². The molecular weight excluding hydrogens is 205 g/mol. The summed E-state index contributed by atoms with van der Waals surface area (Å²) >= 11 is 11.7. The molecule has 0 fully saturated rings. The summed E-state index contributed by atoms with van der Waals surface area (Å²) in [4.78, 5) is 3.10. The average molecular weight is 212 g/mol. The van der Waals surface area contributed by atoms with Gasteiger partial charge in [-0.3, -0.25) is 0 Å². The topological polar surface area (TPSA) is 15.8 Å². The summed E-state index contributed by atoms with van der Waals surface area (Å²) < 4.78 is 0. The number of halogens is 2. The third kappa shape index (κ3) is 1.71. The highest BCUT2D eigenvalue weighted by Crippen LogP contribution is 2.27. The normalized spacial score (nSPS) is 10.3. The van der Waals surface area contributed by atoms with E-state index >= 15 is 0 Å². The van der Waals surface area contributed by atoms with Crippen molar-refractivity contribution >= 4 is 23.2 Å². The fourth-order valence-corrected chi connectivity index (χ4v) is 1.47. The van der Waals surface area contributed by atoms with Crippen LogP contribution >= 0.6 is 23.2 Å². The van der Waals surface area contributed by atoms with Crippen molar-refractivity contribution in [3.05, 3.63) is 46.6 Å². The first kappa shape index (κ1) is 8.67. The number of aromatic amines is 1. The van der Waals surface area contributed by atoms with Crippen molar-refractivity contribution in [2.75, 3.05) is 0 Å². The smallest absolute Gasteiger partial charge is 0.0599 e. The van der Waals surface area contributed by atoms with Crippen LogP contribution in [0.1, 0.15) is 0 Å². The molecule has 2 rings (SSSR count). The highest BCUT2D eigenvalue weighted by molar-refractivity contribution is 6.42. The molecule has 1 nitrogen and oxygen atoms in total. The number of aromatic nitrogens is 1. The van der Waals surface area contributed by atoms with Crippen LogP contribution in [0.25, 0.3) is 11.3 Å². The Bertz CT molecular complexity index is 407. The van der Waals surface area contributed by atoms with Crippen LogP contribution < -0.4 is 0 Å². The number of benzene rings is 1. The Balaban J connectivity index is 2.49. The van der Waals surface area contributed by atoms with Gasteiger partial charge in [-0.1, -0.05) is 29.3 Å². The van der Waals surface area contributed by atoms with Crippen LogP contribution in [0.4, 0.5) is 0 Å². The van der Waals surface area contributed by atoms with Crippen LogP contribution in [-0.4, -0.2) is 4.98 Å². The monoisotopic (exact) mass is 211 g/mol. The van der Waals surface area contributed by atoms with Gasteiger partial charge in [0, 0.05) is 11.9 Å². The van der Waals surface area contributed by atoms with Gasteiger partial charge in [0.05, 0.1) is 10.0 Å². The van der Waals surface area contributed by atoms with Crippen LogP contribution in [0.3, 0.4) is 0 Å². The zero-order valence-electron chi connectivity index (χ0n) is 6.72. The maximum absolute atomic E-state index is 5.88. The Morgan fingerprint density at radius 1 is 1.00 bits per heavy atom.